The SMILES string of the molecule is CCCN1C(=O)c2c(O)c(=O)c(C(=O)NCc3ccc(F)cc3F)cn2N2CCCC[C@@H]12. The molecule has 2 N–H and O–H groups in total. The highest BCUT2D eigenvalue weighted by atomic mass is 19.1. The second-order valence-electron chi connectivity index (χ2n) is 7.97. The molecule has 2 amide bonds. The number of pyridine rings is 1. The van der Waals surface area contributed by atoms with Crippen LogP contribution in [0.2, 0.25) is 0 Å². The molecule has 2 aliphatic heterocycles. The lowest BCUT2D eigenvalue weighted by Crippen LogP contribution is -2.63. The Labute approximate surface area is 183 Å². The number of aromatic nitrogens is 1. The lowest BCUT2D eigenvalue weighted by atomic mass is 10.0. The van der Waals surface area contributed by atoms with Crippen LogP contribution in [0, 0.1) is 11.6 Å². The van der Waals surface area contributed by atoms with E-state index in [1.165, 1.54) is 16.9 Å². The Morgan fingerprint density at radius 3 is 2.75 bits per heavy atom. The van der Waals surface area contributed by atoms with Crippen LogP contribution < -0.4 is 15.8 Å². The van der Waals surface area contributed by atoms with Crippen LogP contribution in [0.3, 0.4) is 0 Å². The van der Waals surface area contributed by atoms with E-state index in [-0.39, 0.29) is 29.5 Å². The second kappa shape index (κ2) is 8.60. The molecule has 2 aromatic rings. The maximum absolute atomic E-state index is 13.9. The third-order valence-electron chi connectivity index (χ3n) is 5.87. The van der Waals surface area contributed by atoms with Crippen molar-refractivity contribution in [1.29, 1.82) is 0 Å². The first-order valence-corrected chi connectivity index (χ1v) is 10.6. The highest BCUT2D eigenvalue weighted by Crippen LogP contribution is 2.29. The van der Waals surface area contributed by atoms with E-state index < -0.39 is 34.6 Å². The van der Waals surface area contributed by atoms with Gasteiger partial charge in [-0.25, -0.2) is 8.78 Å². The van der Waals surface area contributed by atoms with E-state index in [0.717, 1.165) is 31.7 Å². The molecule has 0 aliphatic carbocycles. The molecule has 32 heavy (non-hydrogen) atoms. The van der Waals surface area contributed by atoms with Gasteiger partial charge in [0.25, 0.3) is 11.8 Å². The number of aromatic hydroxyl groups is 1. The minimum atomic E-state index is -0.978. The molecule has 3 heterocycles. The number of fused-ring (bicyclic) bond motifs is 3. The zero-order chi connectivity index (χ0) is 23.0. The summed E-state index contributed by atoms with van der Waals surface area (Å²) in [6.45, 7) is 2.75. The van der Waals surface area contributed by atoms with Gasteiger partial charge in [0.15, 0.2) is 11.4 Å². The van der Waals surface area contributed by atoms with Gasteiger partial charge in [-0.15, -0.1) is 0 Å². The molecule has 8 nitrogen and oxygen atoms in total. The topological polar surface area (TPSA) is 94.9 Å². The number of halogens is 2. The Bertz CT molecular complexity index is 1130. The van der Waals surface area contributed by atoms with Gasteiger partial charge in [0.1, 0.15) is 23.4 Å². The molecule has 4 rings (SSSR count). The van der Waals surface area contributed by atoms with Crippen molar-refractivity contribution < 1.29 is 23.5 Å². The summed E-state index contributed by atoms with van der Waals surface area (Å²) in [6, 6.07) is 2.96. The van der Waals surface area contributed by atoms with Gasteiger partial charge in [0, 0.05) is 37.5 Å². The average molecular weight is 446 g/mol. The summed E-state index contributed by atoms with van der Waals surface area (Å²) < 4.78 is 28.3. The van der Waals surface area contributed by atoms with Crippen molar-refractivity contribution >= 4 is 11.8 Å². The predicted octanol–water partition coefficient (Wildman–Crippen LogP) is 2.08. The monoisotopic (exact) mass is 446 g/mol. The molecule has 1 saturated heterocycles. The fourth-order valence-electron chi connectivity index (χ4n) is 4.32. The number of nitrogens with one attached hydrogen (secondary N) is 1. The Morgan fingerprint density at radius 2 is 2.03 bits per heavy atom. The Kier molecular flexibility index (Phi) is 5.86. The van der Waals surface area contributed by atoms with Gasteiger partial charge < -0.3 is 15.3 Å². The first kappa shape index (κ1) is 21.8. The molecular weight excluding hydrogens is 422 g/mol. The first-order chi connectivity index (χ1) is 15.3. The maximum atomic E-state index is 13.9. The van der Waals surface area contributed by atoms with E-state index in [1.807, 2.05) is 11.9 Å². The van der Waals surface area contributed by atoms with Crippen molar-refractivity contribution in [2.75, 3.05) is 18.1 Å². The van der Waals surface area contributed by atoms with Gasteiger partial charge in [-0.2, -0.15) is 0 Å². The molecule has 0 spiro atoms. The van der Waals surface area contributed by atoms with Crippen LogP contribution in [0.15, 0.2) is 29.2 Å². The first-order valence-electron chi connectivity index (χ1n) is 10.6. The predicted molar refractivity (Wildman–Crippen MR) is 112 cm³/mol. The number of hydrogen-bond acceptors (Lipinski definition) is 5. The number of amides is 2. The van der Waals surface area contributed by atoms with Crippen LogP contribution in [0.4, 0.5) is 8.78 Å². The van der Waals surface area contributed by atoms with E-state index >= 15 is 0 Å². The summed E-state index contributed by atoms with van der Waals surface area (Å²) in [5.74, 6) is -3.65. The van der Waals surface area contributed by atoms with E-state index in [0.29, 0.717) is 19.2 Å². The van der Waals surface area contributed by atoms with Gasteiger partial charge in [0.2, 0.25) is 5.43 Å². The minimum Gasteiger partial charge on any atom is -0.502 e. The molecule has 0 saturated carbocycles. The fourth-order valence-corrected chi connectivity index (χ4v) is 4.32. The van der Waals surface area contributed by atoms with Crippen LogP contribution in [0.25, 0.3) is 0 Å². The smallest absolute Gasteiger partial charge is 0.278 e. The summed E-state index contributed by atoms with van der Waals surface area (Å²) in [7, 11) is 0. The summed E-state index contributed by atoms with van der Waals surface area (Å²) in [5, 5.41) is 14.9. The summed E-state index contributed by atoms with van der Waals surface area (Å²) in [4.78, 5) is 40.2. The lowest BCUT2D eigenvalue weighted by Gasteiger charge is -2.49. The maximum Gasteiger partial charge on any atom is 0.278 e. The van der Waals surface area contributed by atoms with Gasteiger partial charge in [0.05, 0.1) is 0 Å². The van der Waals surface area contributed by atoms with Gasteiger partial charge in [-0.05, 0) is 31.7 Å². The van der Waals surface area contributed by atoms with E-state index in [2.05, 4.69) is 5.32 Å². The molecule has 2 aliphatic rings. The van der Waals surface area contributed by atoms with Crippen molar-refractivity contribution in [1.82, 2.24) is 14.9 Å². The quantitative estimate of drug-likeness (QED) is 0.734. The largest absolute Gasteiger partial charge is 0.502 e. The molecule has 1 atom stereocenters. The van der Waals surface area contributed by atoms with Crippen molar-refractivity contribution in [3.05, 3.63) is 63.1 Å². The second-order valence-corrected chi connectivity index (χ2v) is 7.97. The van der Waals surface area contributed by atoms with E-state index in [1.54, 1.807) is 4.90 Å². The number of carbonyl (C=O) groups is 2. The van der Waals surface area contributed by atoms with E-state index in [4.69, 9.17) is 0 Å². The zero-order valence-electron chi connectivity index (χ0n) is 17.6. The van der Waals surface area contributed by atoms with Crippen molar-refractivity contribution in [2.24, 2.45) is 0 Å². The third kappa shape index (κ3) is 3.69. The van der Waals surface area contributed by atoms with Crippen LogP contribution in [-0.2, 0) is 6.54 Å². The highest BCUT2D eigenvalue weighted by Gasteiger charge is 2.41. The zero-order valence-corrected chi connectivity index (χ0v) is 17.6. The van der Waals surface area contributed by atoms with Crippen LogP contribution >= 0.6 is 0 Å². The molecule has 1 fully saturated rings. The van der Waals surface area contributed by atoms with Crippen LogP contribution in [0.5, 0.6) is 5.75 Å². The number of hydrogen-bond donors (Lipinski definition) is 2. The Hall–Kier alpha value is -3.43. The highest BCUT2D eigenvalue weighted by molar-refractivity contribution is 5.99. The fraction of sp³-hybridized carbons (Fsp3) is 0.409. The van der Waals surface area contributed by atoms with Crippen molar-refractivity contribution in [3.8, 4) is 5.75 Å². The number of benzene rings is 1. The molecule has 0 unspecified atom stereocenters. The molecule has 1 aromatic carbocycles. The molecule has 170 valence electrons. The third-order valence-corrected chi connectivity index (χ3v) is 5.87. The average Bonchev–Trinajstić information content (AvgIpc) is 2.77. The number of rotatable bonds is 5. The summed E-state index contributed by atoms with van der Waals surface area (Å²) >= 11 is 0. The Morgan fingerprint density at radius 1 is 1.25 bits per heavy atom. The normalized spacial score (nSPS) is 17.7. The van der Waals surface area contributed by atoms with Crippen LogP contribution in [-0.4, -0.2) is 45.8 Å². The molecule has 0 radical (unpaired) electrons. The number of piperidine rings is 1. The summed E-state index contributed by atoms with van der Waals surface area (Å²) in [5.41, 5.74) is -1.46. The molecule has 0 bridgehead atoms. The lowest BCUT2D eigenvalue weighted by molar-refractivity contribution is 0.0519. The van der Waals surface area contributed by atoms with E-state index in [9.17, 15) is 28.3 Å². The standard InChI is InChI=1S/C22H24F2N4O4/c1-2-8-26-17-5-3-4-9-27(17)28-12-15(19(29)20(30)18(28)22(26)32)21(31)25-11-13-6-7-14(23)10-16(13)24/h6-7,10,12,17,30H,2-5,8-9,11H2,1H3,(H,25,31)/t17-/m0/s1. The molecular formula is C22H24F2N4O4. The van der Waals surface area contributed by atoms with Gasteiger partial charge in [-0.3, -0.25) is 24.1 Å². The minimum absolute atomic E-state index is 0.0449. The van der Waals surface area contributed by atoms with Crippen molar-refractivity contribution in [3.63, 3.8) is 0 Å². The van der Waals surface area contributed by atoms with Gasteiger partial charge in [-0.1, -0.05) is 13.0 Å². The van der Waals surface area contributed by atoms with Gasteiger partial charge >= 0.3 is 0 Å². The van der Waals surface area contributed by atoms with Crippen molar-refractivity contribution in [2.45, 2.75) is 45.3 Å². The number of carbonyl (C=O) groups excluding carboxylic acids is 2. The number of nitrogens with zero attached hydrogens (tertiary/aromatic N) is 3. The molecule has 1 aromatic heterocycles. The molecule has 10 heteroatoms. The summed E-state index contributed by atoms with van der Waals surface area (Å²) in [6.07, 6.45) is 4.29. The van der Waals surface area contributed by atoms with Crippen LogP contribution in [0.1, 0.15) is 59.0 Å². The Balaban J connectivity index is 1.68.